The monoisotopic (exact) mass is 657 g/mol. The third-order valence-electron chi connectivity index (χ3n) is 7.11. The molecule has 0 bridgehead atoms. The molecule has 1 N–H and O–H groups in total. The van der Waals surface area contributed by atoms with Gasteiger partial charge in [-0.05, 0) is 85.5 Å². The van der Waals surface area contributed by atoms with Crippen LogP contribution in [0.4, 0.5) is 17.6 Å². The van der Waals surface area contributed by atoms with Gasteiger partial charge in [0.05, 0.1) is 16.5 Å². The quantitative estimate of drug-likeness (QED) is 0.121. The van der Waals surface area contributed by atoms with Crippen molar-refractivity contribution < 1.29 is 49.5 Å². The molecule has 13 heteroatoms. The molecule has 1 aliphatic heterocycles. The second-order valence-electron chi connectivity index (χ2n) is 11.6. The van der Waals surface area contributed by atoms with Gasteiger partial charge in [-0.15, -0.1) is 0 Å². The fourth-order valence-electron chi connectivity index (χ4n) is 4.36. The summed E-state index contributed by atoms with van der Waals surface area (Å²) in [5.74, 6) is -5.62. The number of halogens is 4. The van der Waals surface area contributed by atoms with E-state index in [9.17, 15) is 30.8 Å². The van der Waals surface area contributed by atoms with Crippen LogP contribution in [0.3, 0.4) is 0 Å². The Labute approximate surface area is 256 Å². The minimum Gasteiger partial charge on any atom is -0.451 e. The Balaban J connectivity index is 1.65. The first-order valence-electron chi connectivity index (χ1n) is 13.5. The van der Waals surface area contributed by atoms with Crippen LogP contribution in [0.25, 0.3) is 0 Å². The lowest BCUT2D eigenvalue weighted by molar-refractivity contribution is -0.328. The number of alkyl halides is 4. The molecule has 0 radical (unpaired) electrons. The van der Waals surface area contributed by atoms with Crippen molar-refractivity contribution in [3.8, 4) is 0 Å². The van der Waals surface area contributed by atoms with Gasteiger partial charge in [0.25, 0.3) is 5.92 Å². The van der Waals surface area contributed by atoms with E-state index in [1.54, 1.807) is 31.2 Å². The Morgan fingerprint density at radius 1 is 0.886 bits per heavy atom. The van der Waals surface area contributed by atoms with Gasteiger partial charge in [-0.25, -0.2) is 13.6 Å². The maximum absolute atomic E-state index is 13.9. The number of carbonyl (C=O) groups excluding carboxylic acids is 1. The summed E-state index contributed by atoms with van der Waals surface area (Å²) < 4.78 is 101. The van der Waals surface area contributed by atoms with Crippen molar-refractivity contribution in [1.82, 2.24) is 0 Å². The van der Waals surface area contributed by atoms with E-state index in [0.717, 1.165) is 20.2 Å². The van der Waals surface area contributed by atoms with Crippen molar-refractivity contribution in [1.29, 1.82) is 0 Å². The lowest BCUT2D eigenvalue weighted by Gasteiger charge is -2.37. The summed E-state index contributed by atoms with van der Waals surface area (Å²) in [5, 5.41) is -4.69. The Hall–Kier alpha value is -2.97. The van der Waals surface area contributed by atoms with Gasteiger partial charge in [-0.1, -0.05) is 32.9 Å². The third-order valence-corrected chi connectivity index (χ3v) is 10.4. The molecule has 1 saturated heterocycles. The Bertz CT molecular complexity index is 1580. The van der Waals surface area contributed by atoms with Crippen LogP contribution >= 0.6 is 0 Å². The third kappa shape index (κ3) is 7.28. The van der Waals surface area contributed by atoms with Crippen molar-refractivity contribution >= 4 is 27.0 Å². The molecular weight excluding hydrogens is 624 g/mol. The van der Waals surface area contributed by atoms with Crippen LogP contribution in [0, 0.1) is 0 Å². The second kappa shape index (κ2) is 12.1. The van der Waals surface area contributed by atoms with E-state index in [1.165, 1.54) is 12.1 Å². The zero-order valence-electron chi connectivity index (χ0n) is 24.6. The van der Waals surface area contributed by atoms with Gasteiger partial charge in [0, 0.05) is 5.56 Å². The van der Waals surface area contributed by atoms with Gasteiger partial charge >= 0.3 is 21.3 Å². The predicted molar refractivity (Wildman–Crippen MR) is 156 cm³/mol. The Morgan fingerprint density at radius 3 is 1.75 bits per heavy atom. The molecule has 0 amide bonds. The molecule has 0 saturated carbocycles. The lowest BCUT2D eigenvalue weighted by atomic mass is 9.87. The van der Waals surface area contributed by atoms with E-state index >= 15 is 0 Å². The number of esters is 1. The summed E-state index contributed by atoms with van der Waals surface area (Å²) in [7, 11) is -6.53. The summed E-state index contributed by atoms with van der Waals surface area (Å²) in [6.07, 6.45) is -2.44. The fraction of sp³-hybridized carbons (Fsp3) is 0.387. The van der Waals surface area contributed by atoms with Crippen molar-refractivity contribution in [2.24, 2.45) is 0 Å². The second-order valence-corrected chi connectivity index (χ2v) is 15.1. The molecule has 3 aromatic rings. The summed E-state index contributed by atoms with van der Waals surface area (Å²) in [5.41, 5.74) is 1.48. The van der Waals surface area contributed by atoms with Crippen LogP contribution in [-0.4, -0.2) is 49.4 Å². The van der Waals surface area contributed by atoms with Crippen molar-refractivity contribution in [3.63, 3.8) is 0 Å². The number of carbonyl (C=O) groups is 1. The number of hydrogen-bond acceptors (Lipinski definition) is 6. The van der Waals surface area contributed by atoms with Gasteiger partial charge in [0.1, 0.15) is 13.2 Å². The van der Waals surface area contributed by atoms with E-state index < -0.39 is 63.3 Å². The largest absolute Gasteiger partial charge is 0.451 e. The highest BCUT2D eigenvalue weighted by molar-refractivity contribution is 7.97. The van der Waals surface area contributed by atoms with E-state index in [0.29, 0.717) is 12.5 Å². The van der Waals surface area contributed by atoms with Crippen LogP contribution < -0.4 is 0 Å². The van der Waals surface area contributed by atoms with Crippen molar-refractivity contribution in [2.45, 2.75) is 77.8 Å². The van der Waals surface area contributed by atoms with Gasteiger partial charge in [-0.3, -0.25) is 4.55 Å². The van der Waals surface area contributed by atoms with Crippen LogP contribution in [0.2, 0.25) is 0 Å². The number of ether oxygens (including phenoxy) is 3. The summed E-state index contributed by atoms with van der Waals surface area (Å²) in [6.45, 7) is 6.99. The molecule has 1 heterocycles. The predicted octanol–water partition coefficient (Wildman–Crippen LogP) is 6.96. The minimum absolute atomic E-state index is 0.0870. The SMILES string of the molecule is CC(OC(=O)c1ccc([S+](c2ccc(C(C)(C)C)cc2)c2ccc(C3(C)OCC(F)(F)CO3)cc2)cc1)C(F)(F)S(=O)(=O)O. The molecule has 2 atom stereocenters. The van der Waals surface area contributed by atoms with Crippen molar-refractivity contribution in [3.05, 3.63) is 89.5 Å². The molecule has 0 spiro atoms. The van der Waals surface area contributed by atoms with Gasteiger partial charge in [0.2, 0.25) is 0 Å². The summed E-state index contributed by atoms with van der Waals surface area (Å²) in [6, 6.07) is 21.2. The zero-order chi connectivity index (χ0) is 32.7. The molecular formula is C31H33F4O7S2+. The van der Waals surface area contributed by atoms with E-state index in [2.05, 4.69) is 25.5 Å². The molecule has 0 aliphatic carbocycles. The molecule has 4 rings (SSSR count). The lowest BCUT2D eigenvalue weighted by Crippen LogP contribution is -2.46. The van der Waals surface area contributed by atoms with Crippen LogP contribution in [-0.2, 0) is 46.4 Å². The average Bonchev–Trinajstić information content (AvgIpc) is 2.95. The molecule has 1 fully saturated rings. The maximum Gasteiger partial charge on any atom is 0.405 e. The van der Waals surface area contributed by atoms with Crippen LogP contribution in [0.15, 0.2) is 87.5 Å². The Morgan fingerprint density at radius 2 is 1.32 bits per heavy atom. The number of hydrogen-bond donors (Lipinski definition) is 1. The smallest absolute Gasteiger partial charge is 0.405 e. The normalized spacial score (nSPS) is 18.3. The van der Waals surface area contributed by atoms with Gasteiger partial charge in [-0.2, -0.15) is 17.2 Å². The summed E-state index contributed by atoms with van der Waals surface area (Å²) >= 11 is 0. The molecule has 7 nitrogen and oxygen atoms in total. The topological polar surface area (TPSA) is 99.1 Å². The molecule has 238 valence electrons. The van der Waals surface area contributed by atoms with E-state index in [-0.39, 0.29) is 11.0 Å². The minimum atomic E-state index is -5.80. The highest BCUT2D eigenvalue weighted by atomic mass is 32.2. The standard InChI is InChI=1S/C31H32F4O7S2/c1-20(31(34,35)44(37,38)39)42-27(36)21-6-12-24(13-7-21)43(25-14-8-22(9-15-25)28(2,3)4)26-16-10-23(11-17-26)29(5)40-18-30(32,33)19-41-29/h6-17,20H,18-19H2,1-5H3/p+1. The first kappa shape index (κ1) is 33.9. The van der Waals surface area contributed by atoms with E-state index in [1.807, 2.05) is 36.4 Å². The zero-order valence-corrected chi connectivity index (χ0v) is 26.3. The van der Waals surface area contributed by atoms with Crippen molar-refractivity contribution in [2.75, 3.05) is 13.2 Å². The first-order valence-corrected chi connectivity index (χ1v) is 16.2. The van der Waals surface area contributed by atoms with Gasteiger partial charge < -0.3 is 14.2 Å². The highest BCUT2D eigenvalue weighted by Crippen LogP contribution is 2.38. The molecule has 3 aromatic carbocycles. The summed E-state index contributed by atoms with van der Waals surface area (Å²) in [4.78, 5) is 15.1. The molecule has 2 unspecified atom stereocenters. The van der Waals surface area contributed by atoms with Crippen LogP contribution in [0.5, 0.6) is 0 Å². The molecule has 44 heavy (non-hydrogen) atoms. The highest BCUT2D eigenvalue weighted by Gasteiger charge is 2.52. The maximum atomic E-state index is 13.9. The van der Waals surface area contributed by atoms with E-state index in [4.69, 9.17) is 14.0 Å². The Kier molecular flexibility index (Phi) is 9.32. The number of benzene rings is 3. The van der Waals surface area contributed by atoms with Crippen LogP contribution in [0.1, 0.15) is 56.1 Å². The van der Waals surface area contributed by atoms with Gasteiger partial charge in [0.15, 0.2) is 26.6 Å². The molecule has 1 aliphatic rings. The number of rotatable bonds is 8. The fourth-order valence-corrected chi connectivity index (χ4v) is 6.87. The average molecular weight is 658 g/mol. The first-order chi connectivity index (χ1) is 20.2. The molecule has 0 aromatic heterocycles.